The SMILES string of the molecule is CC(C)C1C(C)C(C)CN1C. The zero-order valence-corrected chi connectivity index (χ0v) is 8.46. The first-order chi connectivity index (χ1) is 5.04. The molecule has 0 aromatic carbocycles. The molecule has 1 heteroatoms. The fraction of sp³-hybridized carbons (Fsp3) is 1.00. The third-order valence-corrected chi connectivity index (χ3v) is 3.20. The Kier molecular flexibility index (Phi) is 2.58. The molecule has 0 aromatic heterocycles. The predicted molar refractivity (Wildman–Crippen MR) is 49.6 cm³/mol. The van der Waals surface area contributed by atoms with Gasteiger partial charge in [0, 0.05) is 12.6 Å². The topological polar surface area (TPSA) is 3.24 Å². The summed E-state index contributed by atoms with van der Waals surface area (Å²) in [7, 11) is 2.25. The van der Waals surface area contributed by atoms with Gasteiger partial charge in [-0.15, -0.1) is 0 Å². The molecule has 3 unspecified atom stereocenters. The molecule has 1 nitrogen and oxygen atoms in total. The van der Waals surface area contributed by atoms with Crippen LogP contribution in [-0.2, 0) is 0 Å². The summed E-state index contributed by atoms with van der Waals surface area (Å²) in [5, 5.41) is 0. The van der Waals surface area contributed by atoms with Gasteiger partial charge in [-0.1, -0.05) is 27.7 Å². The largest absolute Gasteiger partial charge is 0.303 e. The van der Waals surface area contributed by atoms with Crippen LogP contribution in [0.5, 0.6) is 0 Å². The third-order valence-electron chi connectivity index (χ3n) is 3.20. The zero-order valence-electron chi connectivity index (χ0n) is 8.46. The maximum absolute atomic E-state index is 2.51. The Hall–Kier alpha value is -0.0400. The van der Waals surface area contributed by atoms with E-state index in [2.05, 4.69) is 39.6 Å². The number of nitrogens with zero attached hydrogens (tertiary/aromatic N) is 1. The summed E-state index contributed by atoms with van der Waals surface area (Å²) in [5.41, 5.74) is 0. The maximum atomic E-state index is 2.51. The molecular weight excluding hydrogens is 134 g/mol. The van der Waals surface area contributed by atoms with Gasteiger partial charge >= 0.3 is 0 Å². The summed E-state index contributed by atoms with van der Waals surface area (Å²) in [5.74, 6) is 2.56. The summed E-state index contributed by atoms with van der Waals surface area (Å²) < 4.78 is 0. The van der Waals surface area contributed by atoms with Gasteiger partial charge in [-0.05, 0) is 24.8 Å². The van der Waals surface area contributed by atoms with E-state index in [0.29, 0.717) is 0 Å². The van der Waals surface area contributed by atoms with Crippen LogP contribution in [0, 0.1) is 17.8 Å². The monoisotopic (exact) mass is 155 g/mol. The third kappa shape index (κ3) is 1.58. The second kappa shape index (κ2) is 3.14. The first-order valence-corrected chi connectivity index (χ1v) is 4.74. The molecule has 0 N–H and O–H groups in total. The molecule has 0 amide bonds. The van der Waals surface area contributed by atoms with Crippen LogP contribution in [0.2, 0.25) is 0 Å². The van der Waals surface area contributed by atoms with E-state index >= 15 is 0 Å². The molecule has 0 bridgehead atoms. The predicted octanol–water partition coefficient (Wildman–Crippen LogP) is 2.23. The normalized spacial score (nSPS) is 40.4. The van der Waals surface area contributed by atoms with E-state index < -0.39 is 0 Å². The lowest BCUT2D eigenvalue weighted by atomic mass is 9.88. The molecule has 3 atom stereocenters. The van der Waals surface area contributed by atoms with Crippen LogP contribution in [-0.4, -0.2) is 24.5 Å². The van der Waals surface area contributed by atoms with Gasteiger partial charge in [0.15, 0.2) is 0 Å². The molecule has 1 aliphatic heterocycles. The second-order valence-corrected chi connectivity index (χ2v) is 4.51. The molecule has 1 heterocycles. The van der Waals surface area contributed by atoms with E-state index in [1.54, 1.807) is 0 Å². The van der Waals surface area contributed by atoms with Crippen LogP contribution >= 0.6 is 0 Å². The highest BCUT2D eigenvalue weighted by Crippen LogP contribution is 2.31. The molecule has 11 heavy (non-hydrogen) atoms. The quantitative estimate of drug-likeness (QED) is 0.561. The maximum Gasteiger partial charge on any atom is 0.0144 e. The molecule has 0 aromatic rings. The van der Waals surface area contributed by atoms with Crippen LogP contribution in [0.3, 0.4) is 0 Å². The molecule has 1 rings (SSSR count). The Morgan fingerprint density at radius 1 is 1.27 bits per heavy atom. The van der Waals surface area contributed by atoms with Gasteiger partial charge in [0.05, 0.1) is 0 Å². The molecule has 0 radical (unpaired) electrons. The lowest BCUT2D eigenvalue weighted by Gasteiger charge is -2.26. The van der Waals surface area contributed by atoms with E-state index in [9.17, 15) is 0 Å². The Labute approximate surface area is 70.8 Å². The molecular formula is C10H21N. The van der Waals surface area contributed by atoms with Crippen molar-refractivity contribution in [2.45, 2.75) is 33.7 Å². The highest BCUT2D eigenvalue weighted by Gasteiger charge is 2.35. The standard InChI is InChI=1S/C10H21N/c1-7(2)10-9(4)8(3)6-11(10)5/h7-10H,6H2,1-5H3. The van der Waals surface area contributed by atoms with Crippen LogP contribution in [0.1, 0.15) is 27.7 Å². The first-order valence-electron chi connectivity index (χ1n) is 4.74. The van der Waals surface area contributed by atoms with E-state index in [1.165, 1.54) is 6.54 Å². The second-order valence-electron chi connectivity index (χ2n) is 4.51. The first kappa shape index (κ1) is 9.05. The Bertz CT molecular complexity index is 131. The van der Waals surface area contributed by atoms with Crippen molar-refractivity contribution in [2.75, 3.05) is 13.6 Å². The van der Waals surface area contributed by atoms with Gasteiger partial charge in [0.2, 0.25) is 0 Å². The summed E-state index contributed by atoms with van der Waals surface area (Å²) in [6, 6.07) is 0.810. The van der Waals surface area contributed by atoms with Crippen LogP contribution in [0.4, 0.5) is 0 Å². The van der Waals surface area contributed by atoms with E-state index in [1.807, 2.05) is 0 Å². The summed E-state index contributed by atoms with van der Waals surface area (Å²) in [6.07, 6.45) is 0. The number of rotatable bonds is 1. The molecule has 1 fully saturated rings. The number of hydrogen-bond donors (Lipinski definition) is 0. The molecule has 1 saturated heterocycles. The minimum atomic E-state index is 0.806. The van der Waals surface area contributed by atoms with Crippen LogP contribution < -0.4 is 0 Å². The molecule has 0 aliphatic carbocycles. The van der Waals surface area contributed by atoms with Gasteiger partial charge in [-0.3, -0.25) is 0 Å². The van der Waals surface area contributed by atoms with Gasteiger partial charge in [0.25, 0.3) is 0 Å². The minimum Gasteiger partial charge on any atom is -0.303 e. The van der Waals surface area contributed by atoms with E-state index in [-0.39, 0.29) is 0 Å². The smallest absolute Gasteiger partial charge is 0.0144 e. The summed E-state index contributed by atoms with van der Waals surface area (Å²) in [6.45, 7) is 10.7. The molecule has 66 valence electrons. The van der Waals surface area contributed by atoms with Gasteiger partial charge < -0.3 is 4.90 Å². The lowest BCUT2D eigenvalue weighted by molar-refractivity contribution is 0.217. The average molecular weight is 155 g/mol. The van der Waals surface area contributed by atoms with E-state index in [4.69, 9.17) is 0 Å². The number of likely N-dealkylation sites (tertiary alicyclic amines) is 1. The Morgan fingerprint density at radius 3 is 2.00 bits per heavy atom. The fourth-order valence-electron chi connectivity index (χ4n) is 2.60. The van der Waals surface area contributed by atoms with Crippen molar-refractivity contribution in [1.29, 1.82) is 0 Å². The van der Waals surface area contributed by atoms with Crippen LogP contribution in [0.15, 0.2) is 0 Å². The molecule has 0 saturated carbocycles. The lowest BCUT2D eigenvalue weighted by Crippen LogP contribution is -2.33. The Morgan fingerprint density at radius 2 is 1.82 bits per heavy atom. The minimum absolute atomic E-state index is 0.806. The van der Waals surface area contributed by atoms with Crippen molar-refractivity contribution in [2.24, 2.45) is 17.8 Å². The van der Waals surface area contributed by atoms with Crippen LogP contribution in [0.25, 0.3) is 0 Å². The highest BCUT2D eigenvalue weighted by molar-refractivity contribution is 4.88. The van der Waals surface area contributed by atoms with Crippen molar-refractivity contribution < 1.29 is 0 Å². The molecule has 0 spiro atoms. The average Bonchev–Trinajstić information content (AvgIpc) is 2.07. The fourth-order valence-corrected chi connectivity index (χ4v) is 2.60. The van der Waals surface area contributed by atoms with E-state index in [0.717, 1.165) is 23.8 Å². The number of hydrogen-bond acceptors (Lipinski definition) is 1. The van der Waals surface area contributed by atoms with Gasteiger partial charge in [-0.25, -0.2) is 0 Å². The van der Waals surface area contributed by atoms with Crippen molar-refractivity contribution >= 4 is 0 Å². The van der Waals surface area contributed by atoms with Crippen molar-refractivity contribution in [3.05, 3.63) is 0 Å². The van der Waals surface area contributed by atoms with Crippen molar-refractivity contribution in [3.63, 3.8) is 0 Å². The summed E-state index contributed by atoms with van der Waals surface area (Å²) >= 11 is 0. The van der Waals surface area contributed by atoms with Crippen molar-refractivity contribution in [3.8, 4) is 0 Å². The highest BCUT2D eigenvalue weighted by atomic mass is 15.2. The Balaban J connectivity index is 2.63. The summed E-state index contributed by atoms with van der Waals surface area (Å²) in [4.78, 5) is 2.51. The molecule has 1 aliphatic rings. The van der Waals surface area contributed by atoms with Crippen molar-refractivity contribution in [1.82, 2.24) is 4.90 Å². The zero-order chi connectivity index (χ0) is 8.59. The van der Waals surface area contributed by atoms with Gasteiger partial charge in [-0.2, -0.15) is 0 Å². The van der Waals surface area contributed by atoms with Gasteiger partial charge in [0.1, 0.15) is 0 Å².